The molecule has 0 saturated carbocycles. The Morgan fingerprint density at radius 3 is 2.49 bits per heavy atom. The maximum absolute atomic E-state index is 14.3. The molecule has 17 heteroatoms. The maximum atomic E-state index is 14.3. The van der Waals surface area contributed by atoms with Gasteiger partial charge in [-0.15, -0.1) is 11.3 Å². The molecule has 1 unspecified atom stereocenters. The first-order valence-electron chi connectivity index (χ1n) is 23.9. The minimum atomic E-state index is -1.40. The van der Waals surface area contributed by atoms with E-state index in [0.29, 0.717) is 64.1 Å². The first-order chi connectivity index (χ1) is 34.5. The number of hydrogen-bond acceptors (Lipinski definition) is 13. The number of halogens is 2. The lowest BCUT2D eigenvalue weighted by molar-refractivity contribution is -0.145. The standard InChI is InChI=1S/C54H54ClFN8O6S/c1-34-42-16-13-38(48(34)55)30-63(26-25-62-23-21-61(2)22-24-62)29-36-10-17-44(68-32-41-18-19-57-50(60-41)43-9-6-20-64(43)54(67)69-31-35-7-4-3-5-8-35)39(27-36)28-45(53(65)66)70-51-47-46(42)49(71-52(47)59-33-58-51)37-11-14-40(56)15-12-37/h3-5,7-8,10-19,27,33,43,45H,6,9,20-26,28-32H2,1-2H3,(H,65,66)/t43?,45-/m1/s1. The van der Waals surface area contributed by atoms with Gasteiger partial charge >= 0.3 is 12.1 Å². The fourth-order valence-corrected chi connectivity index (χ4v) is 11.0. The number of aromatic nitrogens is 4. The van der Waals surface area contributed by atoms with Gasteiger partial charge in [-0.2, -0.15) is 0 Å². The molecule has 2 fully saturated rings. The number of fused-ring (bicyclic) bond motifs is 6. The largest absolute Gasteiger partial charge is 0.487 e. The van der Waals surface area contributed by atoms with Crippen LogP contribution >= 0.6 is 22.9 Å². The molecule has 11 rings (SSSR count). The third-order valence-electron chi connectivity index (χ3n) is 13.6. The number of amides is 1. The molecule has 1 N–H and O–H groups in total. The van der Waals surface area contributed by atoms with Crippen LogP contribution < -0.4 is 9.47 Å². The van der Waals surface area contributed by atoms with Gasteiger partial charge in [0, 0.05) is 87.0 Å². The zero-order chi connectivity index (χ0) is 49.0. The molecule has 7 aromatic rings. The highest BCUT2D eigenvalue weighted by Gasteiger charge is 2.34. The second kappa shape index (κ2) is 21.4. The van der Waals surface area contributed by atoms with Crippen LogP contribution in [0.1, 0.15) is 58.2 Å². The predicted octanol–water partition coefficient (Wildman–Crippen LogP) is 9.61. The number of ether oxygens (including phenoxy) is 3. The molecule has 7 heterocycles. The lowest BCUT2D eigenvalue weighted by Crippen LogP contribution is -2.46. The van der Waals surface area contributed by atoms with Gasteiger partial charge in [-0.05, 0) is 90.0 Å². The summed E-state index contributed by atoms with van der Waals surface area (Å²) in [6, 6.07) is 27.3. The summed E-state index contributed by atoms with van der Waals surface area (Å²) in [5.41, 5.74) is 7.17. The number of piperazine rings is 1. The number of carboxylic acids is 1. The van der Waals surface area contributed by atoms with E-state index >= 15 is 0 Å². The molecule has 2 saturated heterocycles. The summed E-state index contributed by atoms with van der Waals surface area (Å²) in [4.78, 5) is 55.6. The zero-order valence-corrected chi connectivity index (χ0v) is 41.2. The van der Waals surface area contributed by atoms with Crippen LogP contribution in [0.3, 0.4) is 0 Å². The molecule has 0 aliphatic carbocycles. The number of carbonyl (C=O) groups excluding carboxylic acids is 1. The van der Waals surface area contributed by atoms with E-state index in [4.69, 9.17) is 30.8 Å². The molecule has 1 amide bonds. The first-order valence-corrected chi connectivity index (χ1v) is 25.1. The predicted molar refractivity (Wildman–Crippen MR) is 270 cm³/mol. The Morgan fingerprint density at radius 2 is 1.69 bits per heavy atom. The fraction of sp³-hybridized carbons (Fsp3) is 0.333. The molecule has 71 heavy (non-hydrogen) atoms. The molecular weight excluding hydrogens is 943 g/mol. The molecule has 4 aliphatic rings. The van der Waals surface area contributed by atoms with E-state index in [2.05, 4.69) is 48.8 Å². The molecule has 14 nitrogen and oxygen atoms in total. The van der Waals surface area contributed by atoms with Crippen molar-refractivity contribution in [1.29, 1.82) is 0 Å². The normalized spacial score (nSPS) is 17.9. The lowest BCUT2D eigenvalue weighted by Gasteiger charge is -2.34. The molecule has 4 bridgehead atoms. The van der Waals surface area contributed by atoms with Crippen molar-refractivity contribution in [3.8, 4) is 33.2 Å². The van der Waals surface area contributed by atoms with Gasteiger partial charge in [0.2, 0.25) is 12.0 Å². The number of carbonyl (C=O) groups is 2. The Hall–Kier alpha value is -6.56. The van der Waals surface area contributed by atoms with Crippen LogP contribution in [0.15, 0.2) is 104 Å². The molecule has 366 valence electrons. The van der Waals surface area contributed by atoms with Crippen molar-refractivity contribution in [2.45, 2.75) is 64.6 Å². The van der Waals surface area contributed by atoms with Gasteiger partial charge < -0.3 is 24.2 Å². The molecule has 2 atom stereocenters. The summed E-state index contributed by atoms with van der Waals surface area (Å²) < 4.78 is 33.1. The number of benzene rings is 4. The van der Waals surface area contributed by atoms with Gasteiger partial charge in [0.1, 0.15) is 35.9 Å². The van der Waals surface area contributed by atoms with Gasteiger partial charge in [0.25, 0.3) is 0 Å². The van der Waals surface area contributed by atoms with Crippen LogP contribution in [0.4, 0.5) is 9.18 Å². The molecule has 4 aliphatic heterocycles. The topological polar surface area (TPSA) is 147 Å². The highest BCUT2D eigenvalue weighted by molar-refractivity contribution is 7.22. The summed E-state index contributed by atoms with van der Waals surface area (Å²) >= 11 is 8.79. The van der Waals surface area contributed by atoms with E-state index in [1.807, 2.05) is 55.5 Å². The van der Waals surface area contributed by atoms with Gasteiger partial charge in [-0.3, -0.25) is 14.7 Å². The van der Waals surface area contributed by atoms with Gasteiger partial charge in [-0.1, -0.05) is 78.3 Å². The third kappa shape index (κ3) is 10.9. The molecule has 3 aromatic heterocycles. The Labute approximate surface area is 420 Å². The average molecular weight is 998 g/mol. The van der Waals surface area contributed by atoms with Crippen LogP contribution in [0.2, 0.25) is 5.02 Å². The van der Waals surface area contributed by atoms with Gasteiger partial charge in [0.15, 0.2) is 5.82 Å². The van der Waals surface area contributed by atoms with E-state index in [0.717, 1.165) is 89.5 Å². The second-order valence-corrected chi connectivity index (χ2v) is 19.8. The van der Waals surface area contributed by atoms with Crippen LogP contribution in [0.5, 0.6) is 11.6 Å². The summed E-state index contributed by atoms with van der Waals surface area (Å²) in [6.07, 6.45) is 2.63. The second-order valence-electron chi connectivity index (χ2n) is 18.4. The van der Waals surface area contributed by atoms with Crippen molar-refractivity contribution in [2.24, 2.45) is 0 Å². The number of likely N-dealkylation sites (tertiary alicyclic amines) is 1. The molecule has 0 spiro atoms. The van der Waals surface area contributed by atoms with Crippen molar-refractivity contribution in [3.63, 3.8) is 0 Å². The number of rotatable bonds is 11. The molecule has 4 aromatic carbocycles. The Balaban J connectivity index is 0.991. The number of hydrogen-bond donors (Lipinski definition) is 1. The fourth-order valence-electron chi connectivity index (χ4n) is 9.67. The van der Waals surface area contributed by atoms with Gasteiger partial charge in [-0.25, -0.2) is 33.9 Å². The number of thiophene rings is 1. The van der Waals surface area contributed by atoms with Crippen molar-refractivity contribution >= 4 is 45.2 Å². The smallest absolute Gasteiger partial charge is 0.410 e. The highest BCUT2D eigenvalue weighted by atomic mass is 35.5. The van der Waals surface area contributed by atoms with Crippen molar-refractivity contribution in [1.82, 2.24) is 39.5 Å². The SMILES string of the molecule is Cc1c2ccc(c1Cl)CN(CCN1CCN(C)CC1)Cc1ccc(OCc3ccnc(C4CCCN4C(=O)OCc4ccccc4)n3)c(c1)C[C@H](C(=O)O)Oc1ncnc3sc(-c4ccc(F)cc4)c-2c13. The van der Waals surface area contributed by atoms with Crippen LogP contribution in [0.25, 0.3) is 31.8 Å². The summed E-state index contributed by atoms with van der Waals surface area (Å²) in [7, 11) is 2.15. The van der Waals surface area contributed by atoms with E-state index in [1.54, 1.807) is 29.3 Å². The number of aliphatic carboxylic acids is 1. The van der Waals surface area contributed by atoms with Crippen LogP contribution in [-0.4, -0.2) is 116 Å². The molecule has 0 radical (unpaired) electrons. The quantitative estimate of drug-likeness (QED) is 0.131. The van der Waals surface area contributed by atoms with Crippen LogP contribution in [-0.2, 0) is 42.3 Å². The minimum Gasteiger partial charge on any atom is -0.487 e. The summed E-state index contributed by atoms with van der Waals surface area (Å²) in [6.45, 7) is 9.45. The van der Waals surface area contributed by atoms with E-state index in [-0.39, 0.29) is 37.4 Å². The lowest BCUT2D eigenvalue weighted by atomic mass is 9.94. The van der Waals surface area contributed by atoms with Crippen molar-refractivity contribution < 1.29 is 33.3 Å². The Bertz CT molecular complexity index is 3050. The summed E-state index contributed by atoms with van der Waals surface area (Å²) in [5, 5.41) is 12.1. The Kier molecular flexibility index (Phi) is 14.5. The van der Waals surface area contributed by atoms with Crippen LogP contribution in [0, 0.1) is 12.7 Å². The minimum absolute atomic E-state index is 0.0488. The van der Waals surface area contributed by atoms with Gasteiger partial charge in [0.05, 0.1) is 17.1 Å². The zero-order valence-electron chi connectivity index (χ0n) is 39.6. The summed E-state index contributed by atoms with van der Waals surface area (Å²) in [5.74, 6) is -0.490. The third-order valence-corrected chi connectivity index (χ3v) is 15.3. The average Bonchev–Trinajstić information content (AvgIpc) is 4.04. The number of likely N-dealkylation sites (N-methyl/N-ethyl adjacent to an activating group) is 1. The van der Waals surface area contributed by atoms with E-state index in [9.17, 15) is 19.1 Å². The molecular formula is C54H54ClFN8O6S. The highest BCUT2D eigenvalue weighted by Crippen LogP contribution is 2.49. The van der Waals surface area contributed by atoms with Crippen molar-refractivity contribution in [2.75, 3.05) is 52.9 Å². The number of carboxylic acid groups (broad SMARTS) is 1. The van der Waals surface area contributed by atoms with E-state index < -0.39 is 18.2 Å². The Morgan fingerprint density at radius 1 is 0.887 bits per heavy atom. The van der Waals surface area contributed by atoms with E-state index in [1.165, 1.54) is 29.8 Å². The maximum Gasteiger partial charge on any atom is 0.410 e. The monoisotopic (exact) mass is 996 g/mol. The number of nitrogens with zero attached hydrogens (tertiary/aromatic N) is 8. The van der Waals surface area contributed by atoms with Crippen molar-refractivity contribution in [3.05, 3.63) is 154 Å². The first kappa shape index (κ1) is 48.1.